The van der Waals surface area contributed by atoms with E-state index in [1.54, 1.807) is 33.6 Å². The summed E-state index contributed by atoms with van der Waals surface area (Å²) in [6.45, 7) is 0.748. The number of hydrogen-bond acceptors (Lipinski definition) is 7. The van der Waals surface area contributed by atoms with Crippen LogP contribution in [0, 0.1) is 0 Å². The lowest BCUT2D eigenvalue weighted by atomic mass is 10.1. The van der Waals surface area contributed by atoms with Crippen LogP contribution >= 0.6 is 0 Å². The van der Waals surface area contributed by atoms with E-state index in [0.29, 0.717) is 29.0 Å². The third kappa shape index (κ3) is 4.82. The first-order valence-electron chi connectivity index (χ1n) is 8.91. The Balaban J connectivity index is 1.69. The minimum absolute atomic E-state index is 0.543. The number of nitrogens with zero attached hydrogens (tertiary/aromatic N) is 2. The molecule has 7 nitrogen and oxygen atoms in total. The molecule has 1 aromatic heterocycles. The van der Waals surface area contributed by atoms with Crippen molar-refractivity contribution in [1.29, 1.82) is 0 Å². The predicted octanol–water partition coefficient (Wildman–Crippen LogP) is 3.90. The van der Waals surface area contributed by atoms with E-state index in [0.717, 1.165) is 18.7 Å². The molecule has 1 heterocycles. The van der Waals surface area contributed by atoms with Gasteiger partial charge in [0.15, 0.2) is 11.5 Å². The molecule has 0 saturated heterocycles. The van der Waals surface area contributed by atoms with E-state index in [-0.39, 0.29) is 0 Å². The predicted molar refractivity (Wildman–Crippen MR) is 110 cm³/mol. The molecule has 0 radical (unpaired) electrons. The Morgan fingerprint density at radius 1 is 0.893 bits per heavy atom. The highest BCUT2D eigenvalue weighted by Crippen LogP contribution is 2.40. The van der Waals surface area contributed by atoms with Gasteiger partial charge in [-0.1, -0.05) is 30.3 Å². The van der Waals surface area contributed by atoms with Crippen molar-refractivity contribution in [3.05, 3.63) is 60.3 Å². The maximum Gasteiger partial charge on any atom is 0.224 e. The molecule has 0 bridgehead atoms. The van der Waals surface area contributed by atoms with Gasteiger partial charge in [0.2, 0.25) is 11.7 Å². The molecule has 0 aliphatic rings. The summed E-state index contributed by atoms with van der Waals surface area (Å²) in [6, 6.07) is 15.7. The van der Waals surface area contributed by atoms with E-state index in [2.05, 4.69) is 32.7 Å². The molecule has 0 fully saturated rings. The van der Waals surface area contributed by atoms with Gasteiger partial charge in [0.1, 0.15) is 5.82 Å². The lowest BCUT2D eigenvalue weighted by molar-refractivity contribution is 0.324. The van der Waals surface area contributed by atoms with E-state index in [4.69, 9.17) is 14.2 Å². The molecule has 146 valence electrons. The molecule has 0 aliphatic heterocycles. The zero-order valence-electron chi connectivity index (χ0n) is 16.2. The Bertz CT molecular complexity index is 878. The molecule has 3 rings (SSSR count). The van der Waals surface area contributed by atoms with E-state index < -0.39 is 0 Å². The van der Waals surface area contributed by atoms with Gasteiger partial charge in [-0.05, 0) is 18.1 Å². The van der Waals surface area contributed by atoms with Crippen LogP contribution in [0.2, 0.25) is 0 Å². The average molecular weight is 380 g/mol. The van der Waals surface area contributed by atoms with Crippen LogP contribution in [0.15, 0.2) is 54.7 Å². The highest BCUT2D eigenvalue weighted by Gasteiger charge is 2.13. The van der Waals surface area contributed by atoms with Crippen molar-refractivity contribution in [1.82, 2.24) is 9.97 Å². The van der Waals surface area contributed by atoms with Crippen molar-refractivity contribution in [2.45, 2.75) is 6.42 Å². The average Bonchev–Trinajstić information content (AvgIpc) is 2.74. The number of anilines is 3. The van der Waals surface area contributed by atoms with E-state index in [9.17, 15) is 0 Å². The quantitative estimate of drug-likeness (QED) is 0.583. The molecule has 0 aliphatic carbocycles. The van der Waals surface area contributed by atoms with Crippen molar-refractivity contribution in [2.24, 2.45) is 0 Å². The maximum atomic E-state index is 5.39. The first-order valence-corrected chi connectivity index (χ1v) is 8.91. The first kappa shape index (κ1) is 19.3. The Hall–Kier alpha value is -3.48. The Labute approximate surface area is 164 Å². The Kier molecular flexibility index (Phi) is 6.51. The molecular formula is C21H24N4O3. The van der Waals surface area contributed by atoms with Crippen LogP contribution in [0.1, 0.15) is 5.56 Å². The van der Waals surface area contributed by atoms with E-state index in [1.807, 2.05) is 30.3 Å². The molecule has 0 saturated carbocycles. The zero-order valence-corrected chi connectivity index (χ0v) is 16.2. The highest BCUT2D eigenvalue weighted by atomic mass is 16.5. The Morgan fingerprint density at radius 2 is 1.61 bits per heavy atom. The van der Waals surface area contributed by atoms with E-state index >= 15 is 0 Å². The second-order valence-electron chi connectivity index (χ2n) is 5.97. The van der Waals surface area contributed by atoms with Crippen molar-refractivity contribution in [2.75, 3.05) is 38.5 Å². The van der Waals surface area contributed by atoms with Gasteiger partial charge < -0.3 is 24.8 Å². The summed E-state index contributed by atoms with van der Waals surface area (Å²) in [7, 11) is 4.74. The molecule has 0 amide bonds. The fourth-order valence-electron chi connectivity index (χ4n) is 2.78. The Morgan fingerprint density at radius 3 is 2.25 bits per heavy atom. The van der Waals surface area contributed by atoms with Crippen LogP contribution in [0.3, 0.4) is 0 Å². The van der Waals surface area contributed by atoms with Crippen molar-refractivity contribution >= 4 is 17.5 Å². The first-order chi connectivity index (χ1) is 13.7. The van der Waals surface area contributed by atoms with Crippen molar-refractivity contribution in [3.8, 4) is 17.2 Å². The third-order valence-electron chi connectivity index (χ3n) is 4.13. The lowest BCUT2D eigenvalue weighted by Gasteiger charge is -2.15. The number of rotatable bonds is 9. The molecular weight excluding hydrogens is 356 g/mol. The minimum atomic E-state index is 0.543. The van der Waals surface area contributed by atoms with Crippen LogP contribution in [-0.2, 0) is 6.42 Å². The van der Waals surface area contributed by atoms with Gasteiger partial charge in [0.05, 0.1) is 21.3 Å². The molecule has 3 aromatic rings. The second kappa shape index (κ2) is 9.45. The number of methoxy groups -OCH3 is 3. The summed E-state index contributed by atoms with van der Waals surface area (Å²) in [6.07, 6.45) is 2.60. The van der Waals surface area contributed by atoms with Gasteiger partial charge >= 0.3 is 0 Å². The van der Waals surface area contributed by atoms with Crippen LogP contribution in [0.25, 0.3) is 0 Å². The van der Waals surface area contributed by atoms with Gasteiger partial charge in [-0.2, -0.15) is 4.98 Å². The van der Waals surface area contributed by atoms with Crippen LogP contribution in [-0.4, -0.2) is 37.8 Å². The molecule has 0 unspecified atom stereocenters. The monoisotopic (exact) mass is 380 g/mol. The fraction of sp³-hybridized carbons (Fsp3) is 0.238. The lowest BCUT2D eigenvalue weighted by Crippen LogP contribution is -2.08. The zero-order chi connectivity index (χ0) is 19.8. The molecule has 2 aromatic carbocycles. The minimum Gasteiger partial charge on any atom is -0.493 e. The summed E-state index contributed by atoms with van der Waals surface area (Å²) >= 11 is 0. The molecule has 2 N–H and O–H groups in total. The summed E-state index contributed by atoms with van der Waals surface area (Å²) in [4.78, 5) is 8.78. The maximum absolute atomic E-state index is 5.39. The normalized spacial score (nSPS) is 10.2. The van der Waals surface area contributed by atoms with Gasteiger partial charge in [-0.15, -0.1) is 0 Å². The largest absolute Gasteiger partial charge is 0.493 e. The van der Waals surface area contributed by atoms with Gasteiger partial charge in [0, 0.05) is 30.6 Å². The number of benzene rings is 2. The summed E-state index contributed by atoms with van der Waals surface area (Å²) in [5.74, 6) is 2.90. The van der Waals surface area contributed by atoms with Gasteiger partial charge in [0.25, 0.3) is 0 Å². The van der Waals surface area contributed by atoms with Crippen LogP contribution in [0.4, 0.5) is 17.5 Å². The number of aromatic nitrogens is 2. The fourth-order valence-corrected chi connectivity index (χ4v) is 2.78. The van der Waals surface area contributed by atoms with Crippen molar-refractivity contribution in [3.63, 3.8) is 0 Å². The summed E-state index contributed by atoms with van der Waals surface area (Å²) < 4.78 is 16.1. The van der Waals surface area contributed by atoms with E-state index in [1.165, 1.54) is 5.56 Å². The number of nitrogens with one attached hydrogen (secondary N) is 2. The highest BCUT2D eigenvalue weighted by molar-refractivity contribution is 5.66. The van der Waals surface area contributed by atoms with Crippen LogP contribution < -0.4 is 24.8 Å². The second-order valence-corrected chi connectivity index (χ2v) is 5.97. The smallest absolute Gasteiger partial charge is 0.224 e. The van der Waals surface area contributed by atoms with Gasteiger partial charge in [-0.25, -0.2) is 4.98 Å². The molecule has 0 atom stereocenters. The summed E-state index contributed by atoms with van der Waals surface area (Å²) in [5, 5.41) is 6.50. The standard InChI is InChI=1S/C21H24N4O3/c1-26-17-13-16(14-18(27-2)20(17)28-3)24-19-10-12-23-21(25-19)22-11-9-15-7-5-4-6-8-15/h4-8,10,12-14H,9,11H2,1-3H3,(H2,22,23,24,25). The summed E-state index contributed by atoms with van der Waals surface area (Å²) in [5.41, 5.74) is 2.03. The number of ether oxygens (including phenoxy) is 3. The van der Waals surface area contributed by atoms with Crippen molar-refractivity contribution < 1.29 is 14.2 Å². The van der Waals surface area contributed by atoms with Crippen LogP contribution in [0.5, 0.6) is 17.2 Å². The number of hydrogen-bond donors (Lipinski definition) is 2. The third-order valence-corrected chi connectivity index (χ3v) is 4.13. The molecule has 7 heteroatoms. The SMILES string of the molecule is COc1cc(Nc2ccnc(NCCc3ccccc3)n2)cc(OC)c1OC. The molecule has 28 heavy (non-hydrogen) atoms. The van der Waals surface area contributed by atoms with Gasteiger partial charge in [-0.3, -0.25) is 0 Å². The molecule has 0 spiro atoms. The topological polar surface area (TPSA) is 77.5 Å².